The molecule has 0 bridgehead atoms. The van der Waals surface area contributed by atoms with E-state index in [9.17, 15) is 5.11 Å². The van der Waals surface area contributed by atoms with E-state index in [2.05, 4.69) is 9.97 Å². The van der Waals surface area contributed by atoms with Gasteiger partial charge in [0.15, 0.2) is 5.75 Å². The number of rotatable bonds is 0. The van der Waals surface area contributed by atoms with Crippen molar-refractivity contribution in [3.05, 3.63) is 30.6 Å². The van der Waals surface area contributed by atoms with Gasteiger partial charge in [-0.15, -0.1) is 0 Å². The molecule has 0 amide bonds. The lowest BCUT2D eigenvalue weighted by atomic mass is 10.3. The van der Waals surface area contributed by atoms with Crippen LogP contribution < -0.4 is 0 Å². The first kappa shape index (κ1) is 6.09. The zero-order chi connectivity index (χ0) is 7.68. The Morgan fingerprint density at radius 1 is 1.00 bits per heavy atom. The topological polar surface area (TPSA) is 45.7 Å². The Kier molecular flexibility index (Phi) is 1.22. The maximum absolute atomic E-state index is 10.8. The highest BCUT2D eigenvalue weighted by molar-refractivity contribution is 5.75. The van der Waals surface area contributed by atoms with Gasteiger partial charge < -0.3 is 0 Å². The van der Waals surface area contributed by atoms with Gasteiger partial charge in [-0.05, 0) is 12.1 Å². The van der Waals surface area contributed by atoms with E-state index in [-0.39, 0.29) is 5.75 Å². The third-order valence-electron chi connectivity index (χ3n) is 1.44. The van der Waals surface area contributed by atoms with Crippen LogP contribution in [0.3, 0.4) is 0 Å². The maximum Gasteiger partial charge on any atom is 0.180 e. The Balaban J connectivity index is 2.83. The van der Waals surface area contributed by atoms with Crippen LogP contribution >= 0.6 is 0 Å². The first-order chi connectivity index (χ1) is 5.36. The highest BCUT2D eigenvalue weighted by atomic mass is 16.3. The van der Waals surface area contributed by atoms with Gasteiger partial charge >= 0.3 is 0 Å². The molecule has 1 radical (unpaired) electrons. The van der Waals surface area contributed by atoms with Crippen LogP contribution in [0.5, 0.6) is 5.75 Å². The van der Waals surface area contributed by atoms with E-state index in [1.165, 1.54) is 12.1 Å². The van der Waals surface area contributed by atoms with Crippen LogP contribution in [0, 0.1) is 0 Å². The molecule has 0 spiro atoms. The van der Waals surface area contributed by atoms with Crippen LogP contribution in [0.2, 0.25) is 0 Å². The fourth-order valence-corrected chi connectivity index (χ4v) is 0.943. The molecule has 0 N–H and O–H groups in total. The minimum absolute atomic E-state index is 0.0296. The van der Waals surface area contributed by atoms with Gasteiger partial charge in [-0.2, -0.15) is 0 Å². The molecule has 0 aliphatic carbocycles. The Morgan fingerprint density at radius 3 is 2.55 bits per heavy atom. The summed E-state index contributed by atoms with van der Waals surface area (Å²) < 4.78 is 0. The van der Waals surface area contributed by atoms with Crippen molar-refractivity contribution in [2.45, 2.75) is 0 Å². The van der Waals surface area contributed by atoms with Gasteiger partial charge in [0.1, 0.15) is 0 Å². The highest BCUT2D eigenvalue weighted by Gasteiger charge is 1.95. The summed E-state index contributed by atoms with van der Waals surface area (Å²) in [6, 6.07) is 4.63. The quantitative estimate of drug-likeness (QED) is 0.567. The molecule has 2 rings (SSSR count). The van der Waals surface area contributed by atoms with Crippen LogP contribution in [-0.4, -0.2) is 9.97 Å². The smallest absolute Gasteiger partial charge is 0.180 e. The molecule has 11 heavy (non-hydrogen) atoms. The maximum atomic E-state index is 10.8. The molecular weight excluding hydrogens is 140 g/mol. The first-order valence-electron chi connectivity index (χ1n) is 3.24. The van der Waals surface area contributed by atoms with Crippen molar-refractivity contribution in [3.63, 3.8) is 0 Å². The van der Waals surface area contributed by atoms with Gasteiger partial charge in [-0.3, -0.25) is 15.1 Å². The Morgan fingerprint density at radius 2 is 1.73 bits per heavy atom. The Labute approximate surface area is 63.3 Å². The first-order valence-corrected chi connectivity index (χ1v) is 3.24. The number of fused-ring (bicyclic) bond motifs is 1. The van der Waals surface area contributed by atoms with Crippen molar-refractivity contribution < 1.29 is 5.11 Å². The number of benzene rings is 1. The third-order valence-corrected chi connectivity index (χ3v) is 1.44. The normalized spacial score (nSPS) is 10.2. The lowest BCUT2D eigenvalue weighted by Crippen LogP contribution is -1.79. The minimum atomic E-state index is -0.0296. The van der Waals surface area contributed by atoms with Gasteiger partial charge in [0.05, 0.1) is 11.0 Å². The summed E-state index contributed by atoms with van der Waals surface area (Å²) >= 11 is 0. The van der Waals surface area contributed by atoms with E-state index in [1.807, 2.05) is 0 Å². The second-order valence-corrected chi connectivity index (χ2v) is 2.21. The zero-order valence-electron chi connectivity index (χ0n) is 5.69. The molecule has 0 aliphatic heterocycles. The van der Waals surface area contributed by atoms with Gasteiger partial charge in [0.25, 0.3) is 0 Å². The standard InChI is InChI=1S/C8H5N2O/c11-6-1-2-7-8(5-6)10-4-3-9-7/h1-5H. The highest BCUT2D eigenvalue weighted by Crippen LogP contribution is 2.15. The Hall–Kier alpha value is -1.64. The summed E-state index contributed by atoms with van der Waals surface area (Å²) in [5, 5.41) is 10.8. The van der Waals surface area contributed by atoms with Gasteiger partial charge in [0, 0.05) is 18.5 Å². The molecular formula is C8H5N2O. The van der Waals surface area contributed by atoms with Crippen LogP contribution in [0.25, 0.3) is 11.0 Å². The van der Waals surface area contributed by atoms with Crippen molar-refractivity contribution in [3.8, 4) is 5.75 Å². The van der Waals surface area contributed by atoms with Crippen molar-refractivity contribution in [1.29, 1.82) is 0 Å². The fourth-order valence-electron chi connectivity index (χ4n) is 0.943. The summed E-state index contributed by atoms with van der Waals surface area (Å²) in [6.07, 6.45) is 3.18. The number of nitrogens with zero attached hydrogens (tertiary/aromatic N) is 2. The summed E-state index contributed by atoms with van der Waals surface area (Å²) in [5.41, 5.74) is 1.41. The average molecular weight is 145 g/mol. The van der Waals surface area contributed by atoms with E-state index in [1.54, 1.807) is 18.5 Å². The molecule has 3 heteroatoms. The molecule has 0 aliphatic rings. The predicted molar refractivity (Wildman–Crippen MR) is 39.7 cm³/mol. The van der Waals surface area contributed by atoms with Crippen LogP contribution in [0.1, 0.15) is 0 Å². The van der Waals surface area contributed by atoms with Crippen LogP contribution in [0.4, 0.5) is 0 Å². The lowest BCUT2D eigenvalue weighted by Gasteiger charge is -1.92. The predicted octanol–water partition coefficient (Wildman–Crippen LogP) is 1.77. The Bertz CT molecular complexity index is 387. The third kappa shape index (κ3) is 1.00. The van der Waals surface area contributed by atoms with Crippen molar-refractivity contribution >= 4 is 11.0 Å². The van der Waals surface area contributed by atoms with Gasteiger partial charge in [-0.1, -0.05) is 0 Å². The van der Waals surface area contributed by atoms with E-state index in [0.29, 0.717) is 5.52 Å². The molecule has 2 aromatic rings. The zero-order valence-corrected chi connectivity index (χ0v) is 5.69. The van der Waals surface area contributed by atoms with E-state index >= 15 is 0 Å². The molecule has 0 unspecified atom stereocenters. The van der Waals surface area contributed by atoms with Crippen molar-refractivity contribution in [2.24, 2.45) is 0 Å². The second kappa shape index (κ2) is 2.20. The van der Waals surface area contributed by atoms with Gasteiger partial charge in [0.2, 0.25) is 0 Å². The average Bonchev–Trinajstić information content (AvgIpc) is 2.04. The summed E-state index contributed by atoms with van der Waals surface area (Å²) in [6.45, 7) is 0. The van der Waals surface area contributed by atoms with Crippen molar-refractivity contribution in [2.75, 3.05) is 0 Å². The van der Waals surface area contributed by atoms with Gasteiger partial charge in [-0.25, -0.2) is 0 Å². The minimum Gasteiger partial charge on any atom is -0.290 e. The summed E-state index contributed by atoms with van der Waals surface area (Å²) in [5.74, 6) is -0.0296. The molecule has 0 fully saturated rings. The molecule has 0 saturated heterocycles. The number of hydrogen-bond acceptors (Lipinski definition) is 2. The molecule has 53 valence electrons. The van der Waals surface area contributed by atoms with E-state index < -0.39 is 0 Å². The largest absolute Gasteiger partial charge is 0.290 e. The lowest BCUT2D eigenvalue weighted by molar-refractivity contribution is 0.355. The van der Waals surface area contributed by atoms with E-state index in [4.69, 9.17) is 0 Å². The molecule has 0 atom stereocenters. The van der Waals surface area contributed by atoms with Crippen LogP contribution in [-0.2, 0) is 5.11 Å². The monoisotopic (exact) mass is 145 g/mol. The molecule has 1 aromatic carbocycles. The van der Waals surface area contributed by atoms with Crippen molar-refractivity contribution in [1.82, 2.24) is 9.97 Å². The molecule has 0 saturated carbocycles. The second-order valence-electron chi connectivity index (χ2n) is 2.21. The van der Waals surface area contributed by atoms with E-state index in [0.717, 1.165) is 5.52 Å². The summed E-state index contributed by atoms with van der Waals surface area (Å²) in [7, 11) is 0. The summed E-state index contributed by atoms with van der Waals surface area (Å²) in [4.78, 5) is 8.00. The van der Waals surface area contributed by atoms with Crippen LogP contribution in [0.15, 0.2) is 30.6 Å². The SMILES string of the molecule is [O]c1ccc2nccnc2c1. The number of hydrogen-bond donors (Lipinski definition) is 0. The molecule has 3 nitrogen and oxygen atoms in total. The molecule has 1 aromatic heterocycles. The number of aromatic nitrogens is 2. The fraction of sp³-hybridized carbons (Fsp3) is 0. The molecule has 1 heterocycles.